The van der Waals surface area contributed by atoms with Gasteiger partial charge in [0.15, 0.2) is 15.8 Å². The number of sulfone groups is 1. The molecule has 0 amide bonds. The van der Waals surface area contributed by atoms with Crippen molar-refractivity contribution in [1.29, 1.82) is 5.41 Å². The smallest absolute Gasteiger partial charge is 0.240 e. The minimum atomic E-state index is -4.57. The molecule has 0 spiro atoms. The van der Waals surface area contributed by atoms with E-state index < -0.39 is 34.9 Å². The number of guanidine groups is 1. The van der Waals surface area contributed by atoms with Gasteiger partial charge in [-0.05, 0) is 22.9 Å². The number of tetrazole rings is 1. The number of benzene rings is 2. The van der Waals surface area contributed by atoms with Gasteiger partial charge in [0.2, 0.25) is 15.8 Å². The van der Waals surface area contributed by atoms with E-state index in [-0.39, 0.29) is 36.0 Å². The highest BCUT2D eigenvalue weighted by molar-refractivity contribution is 7.94. The van der Waals surface area contributed by atoms with E-state index in [1.807, 2.05) is 0 Å². The molecule has 0 aliphatic carbocycles. The number of hydrogen-bond acceptors (Lipinski definition) is 9. The van der Waals surface area contributed by atoms with Crippen LogP contribution in [0, 0.1) is 5.41 Å². The fourth-order valence-electron chi connectivity index (χ4n) is 3.42. The molecular formula is C17H19N9O4S2. The van der Waals surface area contributed by atoms with Crippen LogP contribution in [0.2, 0.25) is 0 Å². The Balaban J connectivity index is 2.10. The first-order valence-electron chi connectivity index (χ1n) is 9.19. The molecule has 0 unspecified atom stereocenters. The summed E-state index contributed by atoms with van der Waals surface area (Å²) < 4.78 is 51.8. The van der Waals surface area contributed by atoms with E-state index >= 15 is 0 Å². The Bertz CT molecular complexity index is 1400. The molecule has 0 saturated carbocycles. The van der Waals surface area contributed by atoms with E-state index in [9.17, 15) is 16.8 Å². The van der Waals surface area contributed by atoms with Crippen LogP contribution < -0.4 is 21.5 Å². The van der Waals surface area contributed by atoms with Crippen LogP contribution in [0.5, 0.6) is 0 Å². The molecule has 168 valence electrons. The summed E-state index contributed by atoms with van der Waals surface area (Å²) in [7, 11) is -8.60. The highest BCUT2D eigenvalue weighted by Gasteiger charge is 2.38. The zero-order chi connectivity index (χ0) is 23.1. The number of aromatic nitrogens is 4. The summed E-state index contributed by atoms with van der Waals surface area (Å²) in [6.45, 7) is 0.383. The predicted octanol–water partition coefficient (Wildman–Crippen LogP) is -0.768. The first-order valence-corrected chi connectivity index (χ1v) is 12.3. The summed E-state index contributed by atoms with van der Waals surface area (Å²) in [6, 6.07) is 9.28. The summed E-state index contributed by atoms with van der Waals surface area (Å²) >= 11 is 0. The van der Waals surface area contributed by atoms with Crippen LogP contribution in [0.15, 0.2) is 46.2 Å². The zero-order valence-corrected chi connectivity index (χ0v) is 18.0. The summed E-state index contributed by atoms with van der Waals surface area (Å²) in [5, 5.41) is 31.3. The zero-order valence-electron chi connectivity index (χ0n) is 16.4. The van der Waals surface area contributed by atoms with Gasteiger partial charge in [-0.2, -0.15) is 5.21 Å². The van der Waals surface area contributed by atoms with Crippen molar-refractivity contribution in [2.45, 2.75) is 15.0 Å². The fourth-order valence-corrected chi connectivity index (χ4v) is 6.60. The van der Waals surface area contributed by atoms with Crippen molar-refractivity contribution in [2.75, 3.05) is 18.4 Å². The second-order valence-corrected chi connectivity index (χ2v) is 10.7. The SMILES string of the molecule is N=C(N)Nc1ccccc1-c1ccc(S(=O)(=O)C2CNC2)c(S(N)(=O)=O)c1-c1nn[nH]n1. The van der Waals surface area contributed by atoms with E-state index in [0.717, 1.165) is 0 Å². The van der Waals surface area contributed by atoms with Crippen LogP contribution >= 0.6 is 0 Å². The summed E-state index contributed by atoms with van der Waals surface area (Å²) in [5.74, 6) is -0.507. The molecule has 2 aromatic carbocycles. The maximum absolute atomic E-state index is 13.2. The first-order chi connectivity index (χ1) is 15.1. The average Bonchev–Trinajstić information content (AvgIpc) is 3.19. The predicted molar refractivity (Wildman–Crippen MR) is 116 cm³/mol. The molecule has 1 aliphatic rings. The molecule has 1 aromatic heterocycles. The van der Waals surface area contributed by atoms with Crippen molar-refractivity contribution in [3.63, 3.8) is 0 Å². The monoisotopic (exact) mass is 477 g/mol. The number of nitrogens with zero attached hydrogens (tertiary/aromatic N) is 3. The molecule has 1 fully saturated rings. The van der Waals surface area contributed by atoms with Crippen LogP contribution in [0.3, 0.4) is 0 Å². The Hall–Kier alpha value is -3.40. The number of primary sulfonamides is 1. The van der Waals surface area contributed by atoms with Gasteiger partial charge in [-0.25, -0.2) is 22.0 Å². The molecule has 13 nitrogen and oxygen atoms in total. The van der Waals surface area contributed by atoms with Crippen LogP contribution in [-0.4, -0.2) is 61.8 Å². The number of nitrogens with one attached hydrogen (secondary N) is 4. The number of para-hydroxylation sites is 1. The van der Waals surface area contributed by atoms with Crippen molar-refractivity contribution in [1.82, 2.24) is 25.9 Å². The summed E-state index contributed by atoms with van der Waals surface area (Å²) in [4.78, 5) is -1.06. The lowest BCUT2D eigenvalue weighted by atomic mass is 9.97. The second-order valence-electron chi connectivity index (χ2n) is 7.01. The molecule has 0 atom stereocenters. The van der Waals surface area contributed by atoms with E-state index in [1.165, 1.54) is 12.1 Å². The normalized spacial score (nSPS) is 14.7. The van der Waals surface area contributed by atoms with Crippen LogP contribution in [-0.2, 0) is 19.9 Å². The molecule has 32 heavy (non-hydrogen) atoms. The lowest BCUT2D eigenvalue weighted by Gasteiger charge is -2.28. The van der Waals surface area contributed by atoms with Gasteiger partial charge in [-0.15, -0.1) is 10.2 Å². The Morgan fingerprint density at radius 1 is 1.09 bits per heavy atom. The highest BCUT2D eigenvalue weighted by Crippen LogP contribution is 2.41. The number of H-pyrrole nitrogens is 1. The van der Waals surface area contributed by atoms with Crippen LogP contribution in [0.1, 0.15) is 0 Å². The van der Waals surface area contributed by atoms with Gasteiger partial charge in [0.25, 0.3) is 0 Å². The second kappa shape index (κ2) is 7.94. The Morgan fingerprint density at radius 2 is 1.81 bits per heavy atom. The molecule has 1 aliphatic heterocycles. The minimum absolute atomic E-state index is 0.132. The molecule has 4 rings (SSSR count). The Kier molecular flexibility index (Phi) is 5.41. The standard InChI is InChI=1S/C17H19N9O4S2/c18-17(19)22-12-4-2-1-3-10(12)11-5-6-13(31(27,28)9-7-21-8-9)15(32(20,29)30)14(11)16-23-25-26-24-16/h1-6,9,21H,7-8H2,(H4,18,19,22)(H2,20,29,30)(H,23,24,25,26). The van der Waals surface area contributed by atoms with Gasteiger partial charge in [0.1, 0.15) is 4.90 Å². The van der Waals surface area contributed by atoms with Crippen molar-refractivity contribution in [3.05, 3.63) is 36.4 Å². The topological polar surface area (TPSA) is 223 Å². The van der Waals surface area contributed by atoms with Crippen molar-refractivity contribution in [3.8, 4) is 22.5 Å². The Labute approximate surface area is 183 Å². The number of aromatic amines is 1. The van der Waals surface area contributed by atoms with E-state index in [2.05, 4.69) is 31.3 Å². The minimum Gasteiger partial charge on any atom is -0.370 e. The quantitative estimate of drug-likeness (QED) is 0.192. The van der Waals surface area contributed by atoms with E-state index in [0.29, 0.717) is 11.3 Å². The molecule has 1 saturated heterocycles. The first kappa shape index (κ1) is 21.8. The van der Waals surface area contributed by atoms with Crippen LogP contribution in [0.25, 0.3) is 22.5 Å². The lowest BCUT2D eigenvalue weighted by molar-refractivity contribution is 0.493. The summed E-state index contributed by atoms with van der Waals surface area (Å²) in [6.07, 6.45) is 0. The third kappa shape index (κ3) is 3.81. The Morgan fingerprint density at radius 3 is 2.38 bits per heavy atom. The summed E-state index contributed by atoms with van der Waals surface area (Å²) in [5.41, 5.74) is 6.39. The third-order valence-electron chi connectivity index (χ3n) is 4.95. The fraction of sp³-hybridized carbons (Fsp3) is 0.176. The van der Waals surface area contributed by atoms with Gasteiger partial charge in [-0.3, -0.25) is 5.41 Å². The number of nitrogens with two attached hydrogens (primary N) is 2. The highest BCUT2D eigenvalue weighted by atomic mass is 32.2. The number of hydrogen-bond donors (Lipinski definition) is 6. The molecule has 0 bridgehead atoms. The lowest BCUT2D eigenvalue weighted by Crippen LogP contribution is -2.51. The molecule has 15 heteroatoms. The van der Waals surface area contributed by atoms with E-state index in [4.69, 9.17) is 16.3 Å². The van der Waals surface area contributed by atoms with Gasteiger partial charge in [0, 0.05) is 24.3 Å². The van der Waals surface area contributed by atoms with Gasteiger partial charge in [0.05, 0.1) is 15.7 Å². The number of anilines is 1. The largest absolute Gasteiger partial charge is 0.370 e. The molecular weight excluding hydrogens is 458 g/mol. The van der Waals surface area contributed by atoms with Crippen molar-refractivity contribution < 1.29 is 16.8 Å². The number of rotatable bonds is 6. The van der Waals surface area contributed by atoms with Gasteiger partial charge >= 0.3 is 0 Å². The third-order valence-corrected chi connectivity index (χ3v) is 8.24. The van der Waals surface area contributed by atoms with E-state index in [1.54, 1.807) is 24.3 Å². The van der Waals surface area contributed by atoms with Gasteiger partial charge in [-0.1, -0.05) is 24.3 Å². The maximum atomic E-state index is 13.2. The molecule has 8 N–H and O–H groups in total. The molecule has 3 aromatic rings. The van der Waals surface area contributed by atoms with Crippen LogP contribution in [0.4, 0.5) is 5.69 Å². The molecule has 0 radical (unpaired) electrons. The van der Waals surface area contributed by atoms with Gasteiger partial charge < -0.3 is 16.4 Å². The molecule has 2 heterocycles. The number of sulfonamides is 1. The average molecular weight is 478 g/mol. The van der Waals surface area contributed by atoms with Crippen molar-refractivity contribution in [2.24, 2.45) is 10.9 Å². The maximum Gasteiger partial charge on any atom is 0.240 e. The van der Waals surface area contributed by atoms with Crippen molar-refractivity contribution >= 4 is 31.5 Å².